The standard InChI is InChI=1S/C14H21ClN2O3S/c15-14-9-13(6-5-11(14)10-16)21(19,20)17(7-2-8-18)12-3-1-4-12/h5-6,9,12,18H,1-4,7-8,10,16H2. The Labute approximate surface area is 130 Å². The van der Waals surface area contributed by atoms with Gasteiger partial charge in [0.05, 0.1) is 4.90 Å². The Morgan fingerprint density at radius 1 is 1.38 bits per heavy atom. The molecule has 1 aliphatic carbocycles. The molecule has 0 amide bonds. The van der Waals surface area contributed by atoms with Gasteiger partial charge in [-0.05, 0) is 37.0 Å². The largest absolute Gasteiger partial charge is 0.396 e. The number of nitrogens with two attached hydrogens (primary N) is 1. The molecule has 3 N–H and O–H groups in total. The van der Waals surface area contributed by atoms with Crippen molar-refractivity contribution in [2.24, 2.45) is 5.73 Å². The number of nitrogens with zero attached hydrogens (tertiary/aromatic N) is 1. The molecule has 0 bridgehead atoms. The van der Waals surface area contributed by atoms with E-state index in [0.29, 0.717) is 18.0 Å². The van der Waals surface area contributed by atoms with Gasteiger partial charge in [0.15, 0.2) is 0 Å². The summed E-state index contributed by atoms with van der Waals surface area (Å²) < 4.78 is 27.1. The number of aliphatic hydroxyl groups excluding tert-OH is 1. The average molecular weight is 333 g/mol. The Balaban J connectivity index is 2.30. The first-order valence-electron chi connectivity index (χ1n) is 7.12. The van der Waals surface area contributed by atoms with Crippen LogP contribution >= 0.6 is 11.6 Å². The third kappa shape index (κ3) is 3.57. The van der Waals surface area contributed by atoms with Gasteiger partial charge in [-0.15, -0.1) is 0 Å². The van der Waals surface area contributed by atoms with E-state index in [1.807, 2.05) is 0 Å². The van der Waals surface area contributed by atoms with Crippen LogP contribution in [0.3, 0.4) is 0 Å². The molecule has 1 aliphatic rings. The maximum atomic E-state index is 12.8. The molecular formula is C14H21ClN2O3S. The smallest absolute Gasteiger partial charge is 0.243 e. The van der Waals surface area contributed by atoms with E-state index in [1.54, 1.807) is 12.1 Å². The summed E-state index contributed by atoms with van der Waals surface area (Å²) in [5.74, 6) is 0. The Bertz CT molecular complexity index is 588. The van der Waals surface area contributed by atoms with Gasteiger partial charge in [0.1, 0.15) is 0 Å². The molecule has 21 heavy (non-hydrogen) atoms. The second-order valence-electron chi connectivity index (χ2n) is 5.23. The molecule has 0 unspecified atom stereocenters. The minimum absolute atomic E-state index is 0.0222. The topological polar surface area (TPSA) is 83.6 Å². The van der Waals surface area contributed by atoms with Crippen LogP contribution in [-0.2, 0) is 16.6 Å². The zero-order valence-electron chi connectivity index (χ0n) is 11.8. The second kappa shape index (κ2) is 7.07. The van der Waals surface area contributed by atoms with Gasteiger partial charge in [-0.3, -0.25) is 0 Å². The Morgan fingerprint density at radius 3 is 2.57 bits per heavy atom. The minimum atomic E-state index is -3.58. The summed E-state index contributed by atoms with van der Waals surface area (Å²) in [6, 6.07) is 4.70. The Morgan fingerprint density at radius 2 is 2.10 bits per heavy atom. The van der Waals surface area contributed by atoms with Crippen molar-refractivity contribution in [2.45, 2.75) is 43.2 Å². The highest BCUT2D eigenvalue weighted by atomic mass is 35.5. The summed E-state index contributed by atoms with van der Waals surface area (Å²) >= 11 is 6.07. The first-order valence-corrected chi connectivity index (χ1v) is 8.93. The van der Waals surface area contributed by atoms with Crippen LogP contribution in [0.15, 0.2) is 23.1 Å². The third-order valence-electron chi connectivity index (χ3n) is 3.87. The van der Waals surface area contributed by atoms with Gasteiger partial charge in [-0.2, -0.15) is 4.31 Å². The first-order chi connectivity index (χ1) is 10.0. The second-order valence-corrected chi connectivity index (χ2v) is 7.53. The van der Waals surface area contributed by atoms with E-state index in [2.05, 4.69) is 0 Å². The van der Waals surface area contributed by atoms with Gasteiger partial charge in [0.25, 0.3) is 0 Å². The van der Waals surface area contributed by atoms with Crippen LogP contribution in [0.1, 0.15) is 31.2 Å². The molecule has 0 aromatic heterocycles. The predicted molar refractivity (Wildman–Crippen MR) is 82.6 cm³/mol. The number of halogens is 1. The highest BCUT2D eigenvalue weighted by Crippen LogP contribution is 2.31. The molecule has 1 fully saturated rings. The highest BCUT2D eigenvalue weighted by Gasteiger charge is 2.34. The summed E-state index contributed by atoms with van der Waals surface area (Å²) in [7, 11) is -3.58. The number of hydrogen-bond acceptors (Lipinski definition) is 4. The monoisotopic (exact) mass is 332 g/mol. The molecular weight excluding hydrogens is 312 g/mol. The van der Waals surface area contributed by atoms with Crippen molar-refractivity contribution in [3.8, 4) is 0 Å². The highest BCUT2D eigenvalue weighted by molar-refractivity contribution is 7.89. The van der Waals surface area contributed by atoms with Crippen molar-refractivity contribution >= 4 is 21.6 Å². The zero-order chi connectivity index (χ0) is 15.5. The van der Waals surface area contributed by atoms with Gasteiger partial charge in [-0.25, -0.2) is 8.42 Å². The van der Waals surface area contributed by atoms with Crippen LogP contribution in [-0.4, -0.2) is 37.0 Å². The van der Waals surface area contributed by atoms with Crippen LogP contribution in [0.5, 0.6) is 0 Å². The molecule has 1 aromatic carbocycles. The lowest BCUT2D eigenvalue weighted by molar-refractivity contribution is 0.198. The quantitative estimate of drug-likeness (QED) is 0.796. The fourth-order valence-corrected chi connectivity index (χ4v) is 4.46. The molecule has 7 heteroatoms. The molecule has 0 aliphatic heterocycles. The maximum Gasteiger partial charge on any atom is 0.243 e. The van der Waals surface area contributed by atoms with Crippen molar-refractivity contribution in [1.29, 1.82) is 0 Å². The van der Waals surface area contributed by atoms with Gasteiger partial charge >= 0.3 is 0 Å². The SMILES string of the molecule is NCc1ccc(S(=O)(=O)N(CCCO)C2CCC2)cc1Cl. The van der Waals surface area contributed by atoms with Crippen molar-refractivity contribution in [2.75, 3.05) is 13.2 Å². The fraction of sp³-hybridized carbons (Fsp3) is 0.571. The molecule has 2 rings (SSSR count). The molecule has 1 aromatic rings. The number of sulfonamides is 1. The molecule has 118 valence electrons. The number of aliphatic hydroxyl groups is 1. The number of benzene rings is 1. The lowest BCUT2D eigenvalue weighted by Gasteiger charge is -2.36. The molecule has 0 radical (unpaired) electrons. The Hall–Kier alpha value is -0.660. The third-order valence-corrected chi connectivity index (χ3v) is 6.17. The van der Waals surface area contributed by atoms with Crippen LogP contribution in [0.2, 0.25) is 5.02 Å². The molecule has 0 spiro atoms. The van der Waals surface area contributed by atoms with Gasteiger partial charge < -0.3 is 10.8 Å². The summed E-state index contributed by atoms with van der Waals surface area (Å²) in [6.45, 7) is 0.585. The van der Waals surface area contributed by atoms with E-state index >= 15 is 0 Å². The zero-order valence-corrected chi connectivity index (χ0v) is 13.4. The van der Waals surface area contributed by atoms with Crippen molar-refractivity contribution in [3.63, 3.8) is 0 Å². The van der Waals surface area contributed by atoms with E-state index in [4.69, 9.17) is 22.4 Å². The van der Waals surface area contributed by atoms with Crippen LogP contribution in [0, 0.1) is 0 Å². The molecule has 0 atom stereocenters. The summed E-state index contributed by atoms with van der Waals surface area (Å²) in [6.07, 6.45) is 3.23. The first kappa shape index (κ1) is 16.7. The molecule has 0 heterocycles. The summed E-state index contributed by atoms with van der Waals surface area (Å²) in [5.41, 5.74) is 6.27. The van der Waals surface area contributed by atoms with Crippen LogP contribution in [0.25, 0.3) is 0 Å². The van der Waals surface area contributed by atoms with E-state index < -0.39 is 10.0 Å². The minimum Gasteiger partial charge on any atom is -0.396 e. The summed E-state index contributed by atoms with van der Waals surface area (Å²) in [4.78, 5) is 0.189. The Kier molecular flexibility index (Phi) is 5.62. The lowest BCUT2D eigenvalue weighted by atomic mass is 9.93. The molecule has 1 saturated carbocycles. The van der Waals surface area contributed by atoms with E-state index in [-0.39, 0.29) is 24.1 Å². The van der Waals surface area contributed by atoms with Gasteiger partial charge in [0, 0.05) is 30.8 Å². The van der Waals surface area contributed by atoms with Crippen molar-refractivity contribution < 1.29 is 13.5 Å². The number of hydrogen-bond donors (Lipinski definition) is 2. The maximum absolute atomic E-state index is 12.8. The van der Waals surface area contributed by atoms with Gasteiger partial charge in [0.2, 0.25) is 10.0 Å². The van der Waals surface area contributed by atoms with E-state index in [1.165, 1.54) is 10.4 Å². The lowest BCUT2D eigenvalue weighted by Crippen LogP contribution is -2.44. The molecule has 5 nitrogen and oxygen atoms in total. The number of rotatable bonds is 7. The van der Waals surface area contributed by atoms with E-state index in [9.17, 15) is 8.42 Å². The van der Waals surface area contributed by atoms with E-state index in [0.717, 1.165) is 24.8 Å². The van der Waals surface area contributed by atoms with Crippen molar-refractivity contribution in [1.82, 2.24) is 4.31 Å². The normalized spacial score (nSPS) is 16.2. The molecule has 0 saturated heterocycles. The van der Waals surface area contributed by atoms with Crippen LogP contribution < -0.4 is 5.73 Å². The fourth-order valence-electron chi connectivity index (χ4n) is 2.39. The summed E-state index contributed by atoms with van der Waals surface area (Å²) in [5, 5.41) is 9.35. The van der Waals surface area contributed by atoms with Crippen LogP contribution in [0.4, 0.5) is 0 Å². The van der Waals surface area contributed by atoms with Crippen molar-refractivity contribution in [3.05, 3.63) is 28.8 Å². The average Bonchev–Trinajstić information content (AvgIpc) is 2.40. The predicted octanol–water partition coefficient (Wildman–Crippen LogP) is 1.72. The van der Waals surface area contributed by atoms with Gasteiger partial charge in [-0.1, -0.05) is 24.1 Å².